The zero-order valence-corrected chi connectivity index (χ0v) is 16.8. The fourth-order valence-corrected chi connectivity index (χ4v) is 3.51. The Morgan fingerprint density at radius 2 is 2.17 bits per heavy atom. The van der Waals surface area contributed by atoms with Gasteiger partial charge in [0.05, 0.1) is 42.1 Å². The molecule has 9 nitrogen and oxygen atoms in total. The normalized spacial score (nSPS) is 16.4. The Hall–Kier alpha value is -3.20. The van der Waals surface area contributed by atoms with Crippen molar-refractivity contribution in [2.75, 3.05) is 37.0 Å². The van der Waals surface area contributed by atoms with Gasteiger partial charge in [0.1, 0.15) is 11.5 Å². The molecule has 152 valence electrons. The van der Waals surface area contributed by atoms with Gasteiger partial charge in [-0.15, -0.1) is 0 Å². The summed E-state index contributed by atoms with van der Waals surface area (Å²) >= 11 is 0. The summed E-state index contributed by atoms with van der Waals surface area (Å²) in [4.78, 5) is 23.6. The van der Waals surface area contributed by atoms with Crippen LogP contribution in [0.4, 0.5) is 11.5 Å². The molecule has 3 aromatic rings. The average Bonchev–Trinajstić information content (AvgIpc) is 3.34. The lowest BCUT2D eigenvalue weighted by Crippen LogP contribution is -2.30. The lowest BCUT2D eigenvalue weighted by atomic mass is 10.3. The highest BCUT2D eigenvalue weighted by molar-refractivity contribution is 6.03. The van der Waals surface area contributed by atoms with E-state index in [0.717, 1.165) is 36.5 Å². The topological polar surface area (TPSA) is 96.7 Å². The van der Waals surface area contributed by atoms with Gasteiger partial charge < -0.3 is 20.3 Å². The molecule has 4 rings (SSSR count). The van der Waals surface area contributed by atoms with E-state index in [0.29, 0.717) is 24.1 Å². The average molecular weight is 395 g/mol. The number of pyridine rings is 1. The van der Waals surface area contributed by atoms with E-state index in [9.17, 15) is 4.79 Å². The molecule has 2 N–H and O–H groups in total. The highest BCUT2D eigenvalue weighted by Crippen LogP contribution is 2.27. The first kappa shape index (κ1) is 19.1. The smallest absolute Gasteiger partial charge is 0.275 e. The van der Waals surface area contributed by atoms with Gasteiger partial charge in [-0.05, 0) is 39.4 Å². The Bertz CT molecular complexity index is 1020. The molecule has 1 aliphatic rings. The van der Waals surface area contributed by atoms with Crippen molar-refractivity contribution in [1.82, 2.24) is 24.9 Å². The van der Waals surface area contributed by atoms with Crippen LogP contribution in [0, 0.1) is 6.92 Å². The van der Waals surface area contributed by atoms with Crippen molar-refractivity contribution in [3.8, 4) is 5.75 Å². The highest BCUT2D eigenvalue weighted by atomic mass is 16.5. The van der Waals surface area contributed by atoms with Gasteiger partial charge >= 0.3 is 0 Å². The van der Waals surface area contributed by atoms with Crippen molar-refractivity contribution >= 4 is 22.9 Å². The standard InChI is InChI=1S/C20H25N7O2/c1-4-29-18-12-27-15(7-13(2)25-27)8-16(18)24-20(28)17-9-23-19(10-22-17)26-6-5-14(11-26)21-3/h7-10,12,14,21H,4-6,11H2,1-3H3,(H,24,28)/t14-/m1/s1. The van der Waals surface area contributed by atoms with E-state index in [1.165, 1.54) is 6.20 Å². The van der Waals surface area contributed by atoms with Crippen LogP contribution in [0.1, 0.15) is 29.5 Å². The summed E-state index contributed by atoms with van der Waals surface area (Å²) in [5.41, 5.74) is 2.59. The molecule has 0 aromatic carbocycles. The number of nitrogens with zero attached hydrogens (tertiary/aromatic N) is 5. The van der Waals surface area contributed by atoms with Crippen LogP contribution < -0.4 is 20.3 Å². The van der Waals surface area contributed by atoms with E-state index in [1.807, 2.05) is 33.0 Å². The number of carbonyl (C=O) groups is 1. The molecular formula is C20H25N7O2. The Labute approximate surface area is 169 Å². The fraction of sp³-hybridized carbons (Fsp3) is 0.400. The molecule has 1 fully saturated rings. The number of nitrogens with one attached hydrogen (secondary N) is 2. The number of fused-ring (bicyclic) bond motifs is 1. The van der Waals surface area contributed by atoms with E-state index in [4.69, 9.17) is 4.74 Å². The van der Waals surface area contributed by atoms with Crippen molar-refractivity contribution in [2.24, 2.45) is 0 Å². The minimum atomic E-state index is -0.333. The zero-order chi connectivity index (χ0) is 20.4. The maximum Gasteiger partial charge on any atom is 0.275 e. The summed E-state index contributed by atoms with van der Waals surface area (Å²) in [5.74, 6) is 1.00. The molecule has 0 spiro atoms. The molecule has 0 unspecified atom stereocenters. The molecule has 4 heterocycles. The lowest BCUT2D eigenvalue weighted by Gasteiger charge is -2.17. The maximum atomic E-state index is 12.7. The first-order chi connectivity index (χ1) is 14.1. The quantitative estimate of drug-likeness (QED) is 0.658. The van der Waals surface area contributed by atoms with Gasteiger partial charge in [0.25, 0.3) is 5.91 Å². The highest BCUT2D eigenvalue weighted by Gasteiger charge is 2.22. The number of rotatable bonds is 6. The number of amides is 1. The van der Waals surface area contributed by atoms with Crippen molar-refractivity contribution in [1.29, 1.82) is 0 Å². The zero-order valence-electron chi connectivity index (χ0n) is 16.8. The SMILES string of the molecule is CCOc1cn2nc(C)cc2cc1NC(=O)c1cnc(N2CC[C@@H](NC)C2)cn1. The van der Waals surface area contributed by atoms with Crippen molar-refractivity contribution in [3.63, 3.8) is 0 Å². The van der Waals surface area contributed by atoms with Crippen LogP contribution in [0.2, 0.25) is 0 Å². The molecule has 29 heavy (non-hydrogen) atoms. The lowest BCUT2D eigenvalue weighted by molar-refractivity contribution is 0.102. The monoisotopic (exact) mass is 395 g/mol. The molecule has 0 aliphatic carbocycles. The van der Waals surface area contributed by atoms with Crippen LogP contribution in [-0.2, 0) is 0 Å². The molecule has 0 radical (unpaired) electrons. The van der Waals surface area contributed by atoms with Gasteiger partial charge in [-0.3, -0.25) is 4.79 Å². The van der Waals surface area contributed by atoms with Crippen molar-refractivity contribution in [3.05, 3.63) is 42.1 Å². The van der Waals surface area contributed by atoms with Crippen molar-refractivity contribution < 1.29 is 9.53 Å². The first-order valence-electron chi connectivity index (χ1n) is 9.76. The third-order valence-electron chi connectivity index (χ3n) is 5.02. The van der Waals surface area contributed by atoms with Gasteiger partial charge in [-0.25, -0.2) is 14.5 Å². The number of hydrogen-bond donors (Lipinski definition) is 2. The third kappa shape index (κ3) is 4.00. The predicted octanol–water partition coefficient (Wildman–Crippen LogP) is 1.88. The van der Waals surface area contributed by atoms with Gasteiger partial charge in [0.15, 0.2) is 5.75 Å². The largest absolute Gasteiger partial charge is 0.490 e. The summed E-state index contributed by atoms with van der Waals surface area (Å²) in [5, 5.41) is 10.6. The van der Waals surface area contributed by atoms with E-state index < -0.39 is 0 Å². The van der Waals surface area contributed by atoms with Crippen LogP contribution in [0.3, 0.4) is 0 Å². The molecule has 0 saturated carbocycles. The second-order valence-corrected chi connectivity index (χ2v) is 7.07. The minimum absolute atomic E-state index is 0.255. The molecule has 1 atom stereocenters. The van der Waals surface area contributed by atoms with Crippen LogP contribution in [0.15, 0.2) is 30.7 Å². The number of likely N-dealkylation sites (N-methyl/N-ethyl adjacent to an activating group) is 1. The fourth-order valence-electron chi connectivity index (χ4n) is 3.51. The minimum Gasteiger partial charge on any atom is -0.490 e. The van der Waals surface area contributed by atoms with E-state index >= 15 is 0 Å². The summed E-state index contributed by atoms with van der Waals surface area (Å²) in [6.07, 6.45) is 6.00. The van der Waals surface area contributed by atoms with E-state index in [2.05, 4.69) is 30.6 Å². The number of anilines is 2. The summed E-state index contributed by atoms with van der Waals surface area (Å²) in [6.45, 7) is 6.10. The van der Waals surface area contributed by atoms with Crippen LogP contribution in [0.5, 0.6) is 5.75 Å². The summed E-state index contributed by atoms with van der Waals surface area (Å²) in [7, 11) is 1.96. The molecule has 3 aromatic heterocycles. The second kappa shape index (κ2) is 8.04. The molecule has 0 bridgehead atoms. The van der Waals surface area contributed by atoms with E-state index in [1.54, 1.807) is 16.9 Å². The van der Waals surface area contributed by atoms with Crippen LogP contribution in [0.25, 0.3) is 5.52 Å². The number of hydrogen-bond acceptors (Lipinski definition) is 7. The third-order valence-corrected chi connectivity index (χ3v) is 5.02. The maximum absolute atomic E-state index is 12.7. The van der Waals surface area contributed by atoms with Gasteiger partial charge in [0, 0.05) is 19.1 Å². The number of ether oxygens (including phenoxy) is 1. The van der Waals surface area contributed by atoms with E-state index in [-0.39, 0.29) is 11.6 Å². The molecule has 9 heteroatoms. The summed E-state index contributed by atoms with van der Waals surface area (Å²) < 4.78 is 7.41. The Morgan fingerprint density at radius 1 is 1.31 bits per heavy atom. The molecule has 1 aliphatic heterocycles. The van der Waals surface area contributed by atoms with Gasteiger partial charge in [-0.2, -0.15) is 5.10 Å². The van der Waals surface area contributed by atoms with Gasteiger partial charge in [0.2, 0.25) is 0 Å². The molecular weight excluding hydrogens is 370 g/mol. The molecule has 1 saturated heterocycles. The van der Waals surface area contributed by atoms with Crippen LogP contribution >= 0.6 is 0 Å². The number of carbonyl (C=O) groups excluding carboxylic acids is 1. The Balaban J connectivity index is 1.52. The number of aryl methyl sites for hydroxylation is 1. The Morgan fingerprint density at radius 3 is 2.86 bits per heavy atom. The number of aromatic nitrogens is 4. The first-order valence-corrected chi connectivity index (χ1v) is 9.76. The van der Waals surface area contributed by atoms with Crippen molar-refractivity contribution in [2.45, 2.75) is 26.3 Å². The van der Waals surface area contributed by atoms with Gasteiger partial charge in [-0.1, -0.05) is 0 Å². The predicted molar refractivity (Wildman–Crippen MR) is 111 cm³/mol. The Kier molecular flexibility index (Phi) is 5.30. The second-order valence-electron chi connectivity index (χ2n) is 7.07. The van der Waals surface area contributed by atoms with Crippen LogP contribution in [-0.4, -0.2) is 58.3 Å². The summed E-state index contributed by atoms with van der Waals surface area (Å²) in [6, 6.07) is 4.24. The molecule has 1 amide bonds.